The van der Waals surface area contributed by atoms with Crippen molar-refractivity contribution in [1.82, 2.24) is 5.32 Å². The fourth-order valence-electron chi connectivity index (χ4n) is 2.41. The van der Waals surface area contributed by atoms with E-state index in [2.05, 4.69) is 10.3 Å². The van der Waals surface area contributed by atoms with E-state index < -0.39 is 0 Å². The predicted octanol–water partition coefficient (Wildman–Crippen LogP) is 1.97. The van der Waals surface area contributed by atoms with E-state index in [0.29, 0.717) is 11.4 Å². The van der Waals surface area contributed by atoms with E-state index in [1.165, 1.54) is 6.07 Å². The van der Waals surface area contributed by atoms with Crippen molar-refractivity contribution in [3.8, 4) is 5.75 Å². The summed E-state index contributed by atoms with van der Waals surface area (Å²) in [4.78, 5) is 16.1. The molecule has 0 aromatic heterocycles. The molecular formula is C14H12N2O2. The molecule has 0 unspecified atom stereocenters. The number of aliphatic imine (C=N–C) groups is 1. The Morgan fingerprint density at radius 3 is 2.78 bits per heavy atom. The summed E-state index contributed by atoms with van der Waals surface area (Å²) >= 11 is 0. The number of phenolic OH excluding ortho intramolecular Hbond substituents is 1. The molecule has 0 fully saturated rings. The minimum Gasteiger partial charge on any atom is -0.508 e. The van der Waals surface area contributed by atoms with E-state index in [1.54, 1.807) is 7.05 Å². The number of aromatic hydroxyl groups is 1. The SMILES string of the molecule is C/N=C1\NC(=O)c2cc(O)c(C)c3cccc1c23. The van der Waals surface area contributed by atoms with E-state index in [4.69, 9.17) is 0 Å². The Kier molecular flexibility index (Phi) is 2.13. The molecule has 0 aliphatic carbocycles. The molecule has 0 bridgehead atoms. The Hall–Kier alpha value is -2.36. The van der Waals surface area contributed by atoms with E-state index in [0.717, 1.165) is 21.9 Å². The van der Waals surface area contributed by atoms with Gasteiger partial charge in [0.15, 0.2) is 0 Å². The van der Waals surface area contributed by atoms with Crippen molar-refractivity contribution in [1.29, 1.82) is 0 Å². The van der Waals surface area contributed by atoms with Crippen molar-refractivity contribution in [2.75, 3.05) is 7.05 Å². The number of amides is 1. The lowest BCUT2D eigenvalue weighted by Gasteiger charge is -2.20. The van der Waals surface area contributed by atoms with Crippen LogP contribution in [0.2, 0.25) is 0 Å². The van der Waals surface area contributed by atoms with Gasteiger partial charge in [-0.1, -0.05) is 18.2 Å². The molecular weight excluding hydrogens is 228 g/mol. The fraction of sp³-hybridized carbons (Fsp3) is 0.143. The highest BCUT2D eigenvalue weighted by molar-refractivity contribution is 6.27. The number of nitrogens with zero attached hydrogens (tertiary/aromatic N) is 1. The maximum Gasteiger partial charge on any atom is 0.257 e. The first-order chi connectivity index (χ1) is 8.63. The van der Waals surface area contributed by atoms with E-state index in [-0.39, 0.29) is 11.7 Å². The van der Waals surface area contributed by atoms with Crippen LogP contribution in [0.4, 0.5) is 0 Å². The molecule has 0 radical (unpaired) electrons. The topological polar surface area (TPSA) is 61.7 Å². The molecule has 1 amide bonds. The number of carbonyl (C=O) groups excluding carboxylic acids is 1. The average molecular weight is 240 g/mol. The van der Waals surface area contributed by atoms with Crippen LogP contribution in [-0.4, -0.2) is 23.9 Å². The van der Waals surface area contributed by atoms with Gasteiger partial charge in [0, 0.05) is 18.0 Å². The largest absolute Gasteiger partial charge is 0.508 e. The highest BCUT2D eigenvalue weighted by Crippen LogP contribution is 2.34. The third-order valence-corrected chi connectivity index (χ3v) is 3.36. The van der Waals surface area contributed by atoms with Gasteiger partial charge in [-0.25, -0.2) is 0 Å². The lowest BCUT2D eigenvalue weighted by molar-refractivity contribution is 0.0977. The average Bonchev–Trinajstić information content (AvgIpc) is 2.38. The van der Waals surface area contributed by atoms with Crippen LogP contribution in [0.5, 0.6) is 5.75 Å². The molecule has 2 aromatic carbocycles. The van der Waals surface area contributed by atoms with Crippen molar-refractivity contribution < 1.29 is 9.90 Å². The van der Waals surface area contributed by atoms with Gasteiger partial charge in [0.25, 0.3) is 5.91 Å². The van der Waals surface area contributed by atoms with Crippen molar-refractivity contribution in [3.05, 3.63) is 41.0 Å². The summed E-state index contributed by atoms with van der Waals surface area (Å²) in [5.74, 6) is 0.486. The molecule has 3 rings (SSSR count). The Balaban J connectivity index is 2.56. The minimum atomic E-state index is -0.227. The molecule has 1 aliphatic heterocycles. The second-order valence-corrected chi connectivity index (χ2v) is 4.32. The number of phenols is 1. The number of benzene rings is 2. The first-order valence-corrected chi connectivity index (χ1v) is 5.67. The monoisotopic (exact) mass is 240 g/mol. The summed E-state index contributed by atoms with van der Waals surface area (Å²) < 4.78 is 0. The standard InChI is InChI=1S/C14H12N2O2/c1-7-8-4-3-5-9-12(8)10(6-11(7)17)14(18)16-13(9)15-2/h3-6,17H,1-2H3,(H,15,16,18). The van der Waals surface area contributed by atoms with Gasteiger partial charge in [-0.2, -0.15) is 0 Å². The number of amidine groups is 1. The fourth-order valence-corrected chi connectivity index (χ4v) is 2.41. The van der Waals surface area contributed by atoms with Gasteiger partial charge in [-0.3, -0.25) is 9.79 Å². The Bertz CT molecular complexity index is 717. The van der Waals surface area contributed by atoms with Crippen LogP contribution < -0.4 is 5.32 Å². The number of aryl methyl sites for hydroxylation is 1. The lowest BCUT2D eigenvalue weighted by Crippen LogP contribution is -2.35. The van der Waals surface area contributed by atoms with Crippen LogP contribution in [0.1, 0.15) is 21.5 Å². The molecule has 90 valence electrons. The van der Waals surface area contributed by atoms with Crippen LogP contribution in [0, 0.1) is 6.92 Å². The van der Waals surface area contributed by atoms with Gasteiger partial charge in [0.1, 0.15) is 11.6 Å². The smallest absolute Gasteiger partial charge is 0.257 e. The molecule has 4 heteroatoms. The molecule has 0 saturated heterocycles. The number of nitrogens with one attached hydrogen (secondary N) is 1. The zero-order chi connectivity index (χ0) is 12.9. The van der Waals surface area contributed by atoms with Gasteiger partial charge in [-0.15, -0.1) is 0 Å². The second-order valence-electron chi connectivity index (χ2n) is 4.32. The Labute approximate surface area is 104 Å². The zero-order valence-electron chi connectivity index (χ0n) is 10.1. The molecule has 4 nitrogen and oxygen atoms in total. The molecule has 0 atom stereocenters. The lowest BCUT2D eigenvalue weighted by atomic mass is 9.92. The number of hydrogen-bond acceptors (Lipinski definition) is 3. The van der Waals surface area contributed by atoms with Gasteiger partial charge in [0.05, 0.1) is 5.56 Å². The maximum absolute atomic E-state index is 12.0. The third-order valence-electron chi connectivity index (χ3n) is 3.36. The van der Waals surface area contributed by atoms with Crippen LogP contribution in [0.25, 0.3) is 10.8 Å². The van der Waals surface area contributed by atoms with E-state index in [1.807, 2.05) is 25.1 Å². The predicted molar refractivity (Wildman–Crippen MR) is 70.3 cm³/mol. The highest BCUT2D eigenvalue weighted by atomic mass is 16.3. The van der Waals surface area contributed by atoms with Gasteiger partial charge < -0.3 is 10.4 Å². The van der Waals surface area contributed by atoms with Crippen molar-refractivity contribution in [3.63, 3.8) is 0 Å². The van der Waals surface area contributed by atoms with Crippen LogP contribution in [0.15, 0.2) is 29.3 Å². The van der Waals surface area contributed by atoms with E-state index >= 15 is 0 Å². The first kappa shape index (κ1) is 10.8. The normalized spacial score (nSPS) is 16.1. The molecule has 18 heavy (non-hydrogen) atoms. The maximum atomic E-state index is 12.0. The van der Waals surface area contributed by atoms with Gasteiger partial charge in [0.2, 0.25) is 0 Å². The van der Waals surface area contributed by atoms with E-state index in [9.17, 15) is 9.90 Å². The summed E-state index contributed by atoms with van der Waals surface area (Å²) in [5, 5.41) is 14.3. The van der Waals surface area contributed by atoms with Gasteiger partial charge >= 0.3 is 0 Å². The highest BCUT2D eigenvalue weighted by Gasteiger charge is 2.24. The molecule has 2 N–H and O–H groups in total. The number of rotatable bonds is 0. The Morgan fingerprint density at radius 2 is 2.06 bits per heavy atom. The summed E-state index contributed by atoms with van der Waals surface area (Å²) in [7, 11) is 1.65. The minimum absolute atomic E-state index is 0.140. The number of hydrogen-bond donors (Lipinski definition) is 2. The summed E-state index contributed by atoms with van der Waals surface area (Å²) in [6.07, 6.45) is 0. The van der Waals surface area contributed by atoms with Crippen LogP contribution in [-0.2, 0) is 0 Å². The third kappa shape index (κ3) is 1.26. The van der Waals surface area contributed by atoms with Crippen molar-refractivity contribution >= 4 is 22.5 Å². The number of carbonyl (C=O) groups is 1. The molecule has 1 aliphatic rings. The summed E-state index contributed by atoms with van der Waals surface area (Å²) in [6.45, 7) is 1.84. The molecule has 0 spiro atoms. The van der Waals surface area contributed by atoms with Crippen molar-refractivity contribution in [2.45, 2.75) is 6.92 Å². The van der Waals surface area contributed by atoms with Crippen molar-refractivity contribution in [2.24, 2.45) is 4.99 Å². The van der Waals surface area contributed by atoms with Crippen LogP contribution in [0.3, 0.4) is 0 Å². The second kappa shape index (κ2) is 3.57. The quantitative estimate of drug-likeness (QED) is 0.739. The summed E-state index contributed by atoms with van der Waals surface area (Å²) in [5.41, 5.74) is 2.17. The molecule has 0 saturated carbocycles. The van der Waals surface area contributed by atoms with Crippen LogP contribution >= 0.6 is 0 Å². The molecule has 2 aromatic rings. The van der Waals surface area contributed by atoms with Gasteiger partial charge in [-0.05, 0) is 23.9 Å². The molecule has 1 heterocycles. The summed E-state index contributed by atoms with van der Waals surface area (Å²) in [6, 6.07) is 7.24. The Morgan fingerprint density at radius 1 is 1.28 bits per heavy atom. The zero-order valence-corrected chi connectivity index (χ0v) is 10.1. The first-order valence-electron chi connectivity index (χ1n) is 5.67.